The Balaban J connectivity index is 2.54. The molecule has 0 radical (unpaired) electrons. The second kappa shape index (κ2) is 1.99. The molecule has 2 rings (SSSR count). The Labute approximate surface area is 63.3 Å². The molecular formula is C8H6NO2+. The number of ketones is 1. The molecule has 1 heterocycles. The topological polar surface area (TPSA) is 37.1 Å². The smallest absolute Gasteiger partial charge is 0.267 e. The number of carbonyl (C=O) groups is 1. The van der Waals surface area contributed by atoms with Crippen molar-refractivity contribution in [2.75, 3.05) is 6.54 Å². The van der Waals surface area contributed by atoms with Crippen molar-refractivity contribution in [3.63, 3.8) is 0 Å². The molecule has 0 atom stereocenters. The first kappa shape index (κ1) is 6.22. The van der Waals surface area contributed by atoms with Gasteiger partial charge in [-0.05, 0) is 6.08 Å². The lowest BCUT2D eigenvalue weighted by Gasteiger charge is -1.95. The van der Waals surface area contributed by atoms with Gasteiger partial charge in [0.15, 0.2) is 5.78 Å². The minimum Gasteiger partial charge on any atom is -0.289 e. The van der Waals surface area contributed by atoms with Gasteiger partial charge >= 0.3 is 0 Å². The van der Waals surface area contributed by atoms with E-state index < -0.39 is 0 Å². The third-order valence-electron chi connectivity index (χ3n) is 1.77. The highest BCUT2D eigenvalue weighted by Gasteiger charge is 2.32. The molecule has 0 saturated carbocycles. The molecule has 0 bridgehead atoms. The van der Waals surface area contributed by atoms with Crippen LogP contribution in [0.25, 0.3) is 0 Å². The highest BCUT2D eigenvalue weighted by atomic mass is 16.3. The minimum absolute atomic E-state index is 0.0687. The van der Waals surface area contributed by atoms with Crippen LogP contribution in [0.3, 0.4) is 0 Å². The molecule has 3 heteroatoms. The van der Waals surface area contributed by atoms with Gasteiger partial charge in [-0.1, -0.05) is 6.08 Å². The zero-order valence-corrected chi connectivity index (χ0v) is 5.78. The van der Waals surface area contributed by atoms with Crippen molar-refractivity contribution in [3.05, 3.63) is 40.5 Å². The summed E-state index contributed by atoms with van der Waals surface area (Å²) in [6, 6.07) is 0. The second-order valence-electron chi connectivity index (χ2n) is 2.45. The number of nitroso groups, excluding NO2 is 1. The molecule has 0 spiro atoms. The van der Waals surface area contributed by atoms with E-state index in [0.29, 0.717) is 17.8 Å². The molecule has 0 aromatic carbocycles. The fourth-order valence-electron chi connectivity index (χ4n) is 1.23. The van der Waals surface area contributed by atoms with Gasteiger partial charge in [0.05, 0.1) is 0 Å². The van der Waals surface area contributed by atoms with Gasteiger partial charge in [-0.2, -0.15) is 0 Å². The molecule has 0 unspecified atom stereocenters. The van der Waals surface area contributed by atoms with Gasteiger partial charge in [0.1, 0.15) is 5.57 Å². The van der Waals surface area contributed by atoms with Crippen molar-refractivity contribution in [3.8, 4) is 0 Å². The highest BCUT2D eigenvalue weighted by Crippen LogP contribution is 2.22. The summed E-state index contributed by atoms with van der Waals surface area (Å²) in [4.78, 5) is 22.0. The number of hydrogen-bond acceptors (Lipinski definition) is 2. The Morgan fingerprint density at radius 1 is 1.45 bits per heavy atom. The zero-order chi connectivity index (χ0) is 7.84. The predicted molar refractivity (Wildman–Crippen MR) is 38.8 cm³/mol. The summed E-state index contributed by atoms with van der Waals surface area (Å²) >= 11 is 0. The predicted octanol–water partition coefficient (Wildman–Crippen LogP) is 0.728. The van der Waals surface area contributed by atoms with Crippen molar-refractivity contribution < 1.29 is 9.55 Å². The molecule has 0 saturated heterocycles. The third kappa shape index (κ3) is 0.774. The van der Waals surface area contributed by atoms with E-state index in [1.807, 2.05) is 0 Å². The quantitative estimate of drug-likeness (QED) is 0.475. The summed E-state index contributed by atoms with van der Waals surface area (Å²) in [6.45, 7) is 0.300. The number of rotatable bonds is 0. The van der Waals surface area contributed by atoms with Crippen LogP contribution in [0.15, 0.2) is 35.6 Å². The third-order valence-corrected chi connectivity index (χ3v) is 1.77. The Morgan fingerprint density at radius 2 is 2.27 bits per heavy atom. The maximum Gasteiger partial charge on any atom is 0.267 e. The van der Waals surface area contributed by atoms with Crippen LogP contribution in [0, 0.1) is 4.91 Å². The molecule has 1 aliphatic heterocycles. The lowest BCUT2D eigenvalue weighted by atomic mass is 10.1. The van der Waals surface area contributed by atoms with E-state index in [9.17, 15) is 9.70 Å². The van der Waals surface area contributed by atoms with E-state index in [-0.39, 0.29) is 5.78 Å². The Morgan fingerprint density at radius 3 is 3.00 bits per heavy atom. The van der Waals surface area contributed by atoms with E-state index in [2.05, 4.69) is 0 Å². The molecule has 0 N–H and O–H groups in total. The Bertz CT molecular complexity index is 334. The highest BCUT2D eigenvalue weighted by molar-refractivity contribution is 6.08. The summed E-state index contributed by atoms with van der Waals surface area (Å²) in [5.74, 6) is -0.0687. The summed E-state index contributed by atoms with van der Waals surface area (Å²) in [5, 5.41) is 0. The van der Waals surface area contributed by atoms with Crippen molar-refractivity contribution in [1.82, 2.24) is 0 Å². The van der Waals surface area contributed by atoms with E-state index in [4.69, 9.17) is 0 Å². The van der Waals surface area contributed by atoms with E-state index in [1.54, 1.807) is 18.2 Å². The van der Waals surface area contributed by atoms with Crippen LogP contribution in [0.2, 0.25) is 0 Å². The maximum absolute atomic E-state index is 11.1. The van der Waals surface area contributed by atoms with Crippen LogP contribution in [-0.4, -0.2) is 17.1 Å². The fraction of sp³-hybridized carbons (Fsp3) is 0.125. The van der Waals surface area contributed by atoms with Gasteiger partial charge in [0.25, 0.3) is 5.70 Å². The normalized spacial score (nSPS) is 21.5. The average Bonchev–Trinajstić information content (AvgIpc) is 2.35. The molecule has 11 heavy (non-hydrogen) atoms. The summed E-state index contributed by atoms with van der Waals surface area (Å²) in [5.41, 5.74) is 1.04. The van der Waals surface area contributed by atoms with Gasteiger partial charge in [0, 0.05) is 21.8 Å². The molecule has 0 amide bonds. The van der Waals surface area contributed by atoms with Crippen LogP contribution in [-0.2, 0) is 4.79 Å². The maximum atomic E-state index is 11.1. The lowest BCUT2D eigenvalue weighted by molar-refractivity contribution is -0.476. The van der Waals surface area contributed by atoms with Crippen LogP contribution in [0.5, 0.6) is 0 Å². The molecule has 0 aromatic heterocycles. The van der Waals surface area contributed by atoms with Gasteiger partial charge in [-0.25, -0.2) is 0 Å². The molecule has 3 nitrogen and oxygen atoms in total. The van der Waals surface area contributed by atoms with E-state index in [0.717, 1.165) is 4.76 Å². The monoisotopic (exact) mass is 148 g/mol. The molecule has 1 aliphatic carbocycles. The Hall–Kier alpha value is -1.51. The standard InChI is InChI=1S/C8H6NO2/c10-8-3-1-2-7-6(8)4-5-9(7)11/h1-4H,5H2/q+1. The van der Waals surface area contributed by atoms with Crippen molar-refractivity contribution in [2.45, 2.75) is 0 Å². The number of nitrogens with zero attached hydrogens (tertiary/aromatic N) is 1. The van der Waals surface area contributed by atoms with E-state index in [1.165, 1.54) is 6.08 Å². The van der Waals surface area contributed by atoms with Crippen LogP contribution >= 0.6 is 0 Å². The van der Waals surface area contributed by atoms with Gasteiger partial charge in [-0.15, -0.1) is 0 Å². The van der Waals surface area contributed by atoms with Crippen LogP contribution in [0.4, 0.5) is 0 Å². The molecule has 0 fully saturated rings. The first-order valence-electron chi connectivity index (χ1n) is 3.37. The minimum atomic E-state index is -0.0687. The van der Waals surface area contributed by atoms with Gasteiger partial charge in [-0.3, -0.25) is 4.79 Å². The van der Waals surface area contributed by atoms with Crippen molar-refractivity contribution in [2.24, 2.45) is 0 Å². The summed E-state index contributed by atoms with van der Waals surface area (Å²) < 4.78 is 0.816. The van der Waals surface area contributed by atoms with Crippen molar-refractivity contribution >= 4 is 5.78 Å². The van der Waals surface area contributed by atoms with Gasteiger partial charge in [0.2, 0.25) is 6.54 Å². The molecular weight excluding hydrogens is 142 g/mol. The summed E-state index contributed by atoms with van der Waals surface area (Å²) in [7, 11) is 0. The molecule has 2 aliphatic rings. The second-order valence-corrected chi connectivity index (χ2v) is 2.45. The largest absolute Gasteiger partial charge is 0.289 e. The number of fused-ring (bicyclic) bond motifs is 1. The number of hydrogen-bond donors (Lipinski definition) is 0. The first-order valence-corrected chi connectivity index (χ1v) is 3.37. The first-order chi connectivity index (χ1) is 5.29. The van der Waals surface area contributed by atoms with E-state index >= 15 is 0 Å². The zero-order valence-electron chi connectivity index (χ0n) is 5.78. The Kier molecular flexibility index (Phi) is 1.12. The summed E-state index contributed by atoms with van der Waals surface area (Å²) in [6.07, 6.45) is 6.39. The van der Waals surface area contributed by atoms with Gasteiger partial charge < -0.3 is 0 Å². The fourth-order valence-corrected chi connectivity index (χ4v) is 1.23. The van der Waals surface area contributed by atoms with Crippen LogP contribution in [0.1, 0.15) is 0 Å². The van der Waals surface area contributed by atoms with Crippen molar-refractivity contribution in [1.29, 1.82) is 0 Å². The average molecular weight is 148 g/mol. The lowest BCUT2D eigenvalue weighted by Crippen LogP contribution is -2.07. The number of carbonyl (C=O) groups excluding carboxylic acids is 1. The van der Waals surface area contributed by atoms with Crippen LogP contribution < -0.4 is 0 Å². The molecule has 54 valence electrons. The SMILES string of the molecule is O=C1C=CC=C2C1=CC[N+]2=O. The number of allylic oxidation sites excluding steroid dienone is 4. The molecule has 0 aromatic rings.